The lowest BCUT2D eigenvalue weighted by Crippen LogP contribution is -2.23. The molecule has 80 valence electrons. The Bertz CT molecular complexity index is 232. The van der Waals surface area contributed by atoms with E-state index >= 15 is 0 Å². The maximum absolute atomic E-state index is 11.2. The smallest absolute Gasteiger partial charge is 0.381 e. The Morgan fingerprint density at radius 1 is 1.29 bits per heavy atom. The van der Waals surface area contributed by atoms with Crippen molar-refractivity contribution in [3.63, 3.8) is 0 Å². The molecule has 4 heteroatoms. The van der Waals surface area contributed by atoms with Gasteiger partial charge >= 0.3 is 11.9 Å². The fraction of sp³-hybridized carbons (Fsp3) is 0.700. The van der Waals surface area contributed by atoms with E-state index in [4.69, 9.17) is 0 Å². The summed E-state index contributed by atoms with van der Waals surface area (Å²) in [6.45, 7) is 4.77. The van der Waals surface area contributed by atoms with Crippen LogP contribution in [0, 0.1) is 5.92 Å². The molecule has 0 aliphatic heterocycles. The van der Waals surface area contributed by atoms with Crippen LogP contribution in [0.1, 0.15) is 40.0 Å². The monoisotopic (exact) mass is 200 g/mol. The molecule has 0 rings (SSSR count). The van der Waals surface area contributed by atoms with Crippen LogP contribution >= 0.6 is 0 Å². The van der Waals surface area contributed by atoms with Gasteiger partial charge in [0.25, 0.3) is 0 Å². The molecule has 4 nitrogen and oxygen atoms in total. The highest BCUT2D eigenvalue weighted by atomic mass is 16.6. The summed E-state index contributed by atoms with van der Waals surface area (Å²) in [6.07, 6.45) is 2.57. The van der Waals surface area contributed by atoms with Gasteiger partial charge in [0.2, 0.25) is 5.78 Å². The highest BCUT2D eigenvalue weighted by Gasteiger charge is 2.19. The molecule has 0 aromatic carbocycles. The van der Waals surface area contributed by atoms with Gasteiger partial charge in [-0.15, -0.1) is 0 Å². The molecular weight excluding hydrogens is 184 g/mol. The predicted molar refractivity (Wildman–Crippen MR) is 50.5 cm³/mol. The average Bonchev–Trinajstić information content (AvgIpc) is 2.13. The molecule has 0 fully saturated rings. The van der Waals surface area contributed by atoms with E-state index in [1.54, 1.807) is 6.92 Å². The molecule has 1 unspecified atom stereocenters. The Kier molecular flexibility index (Phi) is 5.76. The number of hydrogen-bond acceptors (Lipinski definition) is 4. The number of carbonyl (C=O) groups excluding carboxylic acids is 3. The van der Waals surface area contributed by atoms with Gasteiger partial charge < -0.3 is 4.74 Å². The first-order valence-electron chi connectivity index (χ1n) is 4.75. The third-order valence-corrected chi connectivity index (χ3v) is 1.87. The van der Waals surface area contributed by atoms with Crippen LogP contribution in [0.25, 0.3) is 0 Å². The van der Waals surface area contributed by atoms with Crippen LogP contribution in [0.5, 0.6) is 0 Å². The third kappa shape index (κ3) is 4.74. The number of hydrogen-bond donors (Lipinski definition) is 0. The summed E-state index contributed by atoms with van der Waals surface area (Å²) < 4.78 is 4.34. The minimum atomic E-state index is -1.07. The minimum Gasteiger partial charge on any atom is -0.387 e. The van der Waals surface area contributed by atoms with Gasteiger partial charge in [0.15, 0.2) is 0 Å². The number of Topliss-reactive ketones (excluding diaryl/α,β-unsaturated/α-hetero) is 1. The van der Waals surface area contributed by atoms with Gasteiger partial charge in [0.1, 0.15) is 0 Å². The van der Waals surface area contributed by atoms with Gasteiger partial charge in [-0.25, -0.2) is 4.79 Å². The first kappa shape index (κ1) is 12.8. The van der Waals surface area contributed by atoms with E-state index in [9.17, 15) is 14.4 Å². The molecule has 0 bridgehead atoms. The van der Waals surface area contributed by atoms with E-state index in [1.165, 1.54) is 0 Å². The highest BCUT2D eigenvalue weighted by molar-refractivity contribution is 6.34. The molecule has 0 saturated heterocycles. The normalized spacial score (nSPS) is 11.9. The number of esters is 2. The zero-order valence-electron chi connectivity index (χ0n) is 8.83. The van der Waals surface area contributed by atoms with Crippen molar-refractivity contribution in [2.45, 2.75) is 40.0 Å². The van der Waals surface area contributed by atoms with Gasteiger partial charge in [-0.05, 0) is 6.42 Å². The van der Waals surface area contributed by atoms with Crippen LogP contribution in [-0.4, -0.2) is 17.7 Å². The molecule has 0 amide bonds. The molecule has 0 saturated carbocycles. The van der Waals surface area contributed by atoms with E-state index in [0.29, 0.717) is 6.42 Å². The van der Waals surface area contributed by atoms with Crippen LogP contribution in [0.3, 0.4) is 0 Å². The maximum atomic E-state index is 11.2. The minimum absolute atomic E-state index is 0.321. The lowest BCUT2D eigenvalue weighted by atomic mass is 10.1. The largest absolute Gasteiger partial charge is 0.387 e. The van der Waals surface area contributed by atoms with Crippen molar-refractivity contribution < 1.29 is 19.1 Å². The average molecular weight is 200 g/mol. The fourth-order valence-electron chi connectivity index (χ4n) is 0.892. The molecule has 14 heavy (non-hydrogen) atoms. The Labute approximate surface area is 83.6 Å². The third-order valence-electron chi connectivity index (χ3n) is 1.87. The summed E-state index contributed by atoms with van der Waals surface area (Å²) in [7, 11) is 0. The van der Waals surface area contributed by atoms with E-state index in [0.717, 1.165) is 19.8 Å². The summed E-state index contributed by atoms with van der Waals surface area (Å²) in [6, 6.07) is 0. The van der Waals surface area contributed by atoms with Crippen molar-refractivity contribution in [3.05, 3.63) is 0 Å². The molecule has 0 aromatic rings. The Hall–Kier alpha value is -1.19. The summed E-state index contributed by atoms with van der Waals surface area (Å²) in [5.41, 5.74) is 0. The van der Waals surface area contributed by atoms with Crippen molar-refractivity contribution in [1.82, 2.24) is 0 Å². The lowest BCUT2D eigenvalue weighted by molar-refractivity contribution is -0.166. The van der Waals surface area contributed by atoms with Crippen molar-refractivity contribution >= 4 is 17.7 Å². The first-order chi connectivity index (χ1) is 6.49. The zero-order chi connectivity index (χ0) is 11.1. The van der Waals surface area contributed by atoms with E-state index < -0.39 is 17.7 Å². The summed E-state index contributed by atoms with van der Waals surface area (Å²) in [4.78, 5) is 32.4. The van der Waals surface area contributed by atoms with Crippen molar-refractivity contribution in [2.24, 2.45) is 5.92 Å². The molecule has 0 aromatic heterocycles. The number of ketones is 1. The van der Waals surface area contributed by atoms with Crippen molar-refractivity contribution in [1.29, 1.82) is 0 Å². The summed E-state index contributed by atoms with van der Waals surface area (Å²) in [5, 5.41) is 0. The van der Waals surface area contributed by atoms with Crippen LogP contribution in [0.2, 0.25) is 0 Å². The Morgan fingerprint density at radius 2 is 1.86 bits per heavy atom. The van der Waals surface area contributed by atoms with Gasteiger partial charge in [-0.2, -0.15) is 0 Å². The molecular formula is C10H16O4. The van der Waals surface area contributed by atoms with Crippen molar-refractivity contribution in [2.75, 3.05) is 0 Å². The number of ether oxygens (including phenoxy) is 1. The van der Waals surface area contributed by atoms with Crippen LogP contribution in [-0.2, 0) is 19.1 Å². The van der Waals surface area contributed by atoms with E-state index in [1.807, 2.05) is 6.92 Å². The SMILES string of the molecule is CCCCC(C)C(=O)OC(=O)C(C)=O. The molecule has 0 radical (unpaired) electrons. The molecule has 0 N–H and O–H groups in total. The van der Waals surface area contributed by atoms with E-state index in [2.05, 4.69) is 4.74 Å². The van der Waals surface area contributed by atoms with Crippen LogP contribution in [0.4, 0.5) is 0 Å². The second-order valence-corrected chi connectivity index (χ2v) is 3.31. The molecule has 0 spiro atoms. The van der Waals surface area contributed by atoms with Crippen molar-refractivity contribution in [3.8, 4) is 0 Å². The molecule has 0 heterocycles. The topological polar surface area (TPSA) is 60.4 Å². The van der Waals surface area contributed by atoms with Gasteiger partial charge in [-0.1, -0.05) is 26.7 Å². The molecule has 1 atom stereocenters. The molecule has 0 aliphatic rings. The van der Waals surface area contributed by atoms with Crippen LogP contribution < -0.4 is 0 Å². The Morgan fingerprint density at radius 3 is 2.29 bits per heavy atom. The molecule has 0 aliphatic carbocycles. The van der Waals surface area contributed by atoms with Gasteiger partial charge in [0.05, 0.1) is 5.92 Å². The number of rotatable bonds is 5. The first-order valence-corrected chi connectivity index (χ1v) is 4.75. The maximum Gasteiger partial charge on any atom is 0.381 e. The second kappa shape index (κ2) is 6.29. The van der Waals surface area contributed by atoms with Gasteiger partial charge in [0, 0.05) is 6.92 Å². The second-order valence-electron chi connectivity index (χ2n) is 3.31. The summed E-state index contributed by atoms with van der Waals surface area (Å²) >= 11 is 0. The van der Waals surface area contributed by atoms with Crippen LogP contribution in [0.15, 0.2) is 0 Å². The highest BCUT2D eigenvalue weighted by Crippen LogP contribution is 2.09. The Balaban J connectivity index is 3.95. The van der Waals surface area contributed by atoms with E-state index in [-0.39, 0.29) is 5.92 Å². The number of unbranched alkanes of at least 4 members (excludes halogenated alkanes) is 1. The fourth-order valence-corrected chi connectivity index (χ4v) is 0.892. The standard InChI is InChI=1S/C10H16O4/c1-4-5-6-7(2)9(12)14-10(13)8(3)11/h7H,4-6H2,1-3H3. The van der Waals surface area contributed by atoms with Gasteiger partial charge in [-0.3, -0.25) is 9.59 Å². The summed E-state index contributed by atoms with van der Waals surface area (Å²) in [5.74, 6) is -2.75. The predicted octanol–water partition coefficient (Wildman–Crippen LogP) is 1.47. The zero-order valence-corrected chi connectivity index (χ0v) is 8.83. The lowest BCUT2D eigenvalue weighted by Gasteiger charge is -2.07. The quantitative estimate of drug-likeness (QED) is 0.383. The number of carbonyl (C=O) groups is 3.